The fourth-order valence-corrected chi connectivity index (χ4v) is 5.37. The minimum absolute atomic E-state index is 0.106. The Morgan fingerprint density at radius 3 is 2.57 bits per heavy atom. The SMILES string of the molecule is O=C1CC2CC(S(=O)(=O)c3ccc(Cl)cc3)CCC(N2)C1=CO. The van der Waals surface area contributed by atoms with Gasteiger partial charge in [0.15, 0.2) is 15.6 Å². The maximum Gasteiger partial charge on any atom is 0.181 e. The summed E-state index contributed by atoms with van der Waals surface area (Å²) in [5.41, 5.74) is 0.353. The molecule has 3 unspecified atom stereocenters. The highest BCUT2D eigenvalue weighted by atomic mass is 35.5. The molecular weight excluding hydrogens is 338 g/mol. The second-order valence-electron chi connectivity index (χ2n) is 6.06. The van der Waals surface area contributed by atoms with Gasteiger partial charge in [-0.1, -0.05) is 11.6 Å². The van der Waals surface area contributed by atoms with E-state index in [2.05, 4.69) is 5.32 Å². The van der Waals surface area contributed by atoms with Crippen molar-refractivity contribution in [3.05, 3.63) is 41.1 Å². The zero-order valence-corrected chi connectivity index (χ0v) is 14.0. The molecule has 7 heteroatoms. The summed E-state index contributed by atoms with van der Waals surface area (Å²) >= 11 is 5.82. The summed E-state index contributed by atoms with van der Waals surface area (Å²) in [6.45, 7) is 0. The highest BCUT2D eigenvalue weighted by Gasteiger charge is 2.39. The van der Waals surface area contributed by atoms with E-state index < -0.39 is 15.1 Å². The van der Waals surface area contributed by atoms with E-state index in [0.717, 1.165) is 6.26 Å². The van der Waals surface area contributed by atoms with E-state index in [9.17, 15) is 18.3 Å². The number of Topliss-reactive ketones (excluding diaryl/α,β-unsaturated/α-hetero) is 1. The topological polar surface area (TPSA) is 83.5 Å². The van der Waals surface area contributed by atoms with E-state index in [1.807, 2.05) is 0 Å². The van der Waals surface area contributed by atoms with Gasteiger partial charge in [0, 0.05) is 29.1 Å². The van der Waals surface area contributed by atoms with Gasteiger partial charge in [-0.3, -0.25) is 4.79 Å². The van der Waals surface area contributed by atoms with Crippen molar-refractivity contribution in [2.45, 2.75) is 47.9 Å². The van der Waals surface area contributed by atoms with Crippen LogP contribution >= 0.6 is 11.6 Å². The van der Waals surface area contributed by atoms with Crippen molar-refractivity contribution in [3.63, 3.8) is 0 Å². The lowest BCUT2D eigenvalue weighted by Gasteiger charge is -2.29. The fourth-order valence-electron chi connectivity index (χ4n) is 3.41. The minimum atomic E-state index is -3.47. The first kappa shape index (κ1) is 16.5. The van der Waals surface area contributed by atoms with Gasteiger partial charge in [-0.25, -0.2) is 8.42 Å². The van der Waals surface area contributed by atoms with Crippen LogP contribution in [-0.2, 0) is 14.6 Å². The molecule has 2 N–H and O–H groups in total. The van der Waals surface area contributed by atoms with Crippen LogP contribution in [0.25, 0.3) is 0 Å². The summed E-state index contributed by atoms with van der Waals surface area (Å²) in [4.78, 5) is 12.3. The van der Waals surface area contributed by atoms with E-state index >= 15 is 0 Å². The van der Waals surface area contributed by atoms with E-state index in [4.69, 9.17) is 11.6 Å². The first-order valence-corrected chi connectivity index (χ1v) is 9.47. The number of hydrogen-bond acceptors (Lipinski definition) is 5. The molecule has 1 aromatic rings. The first-order valence-electron chi connectivity index (χ1n) is 7.55. The smallest absolute Gasteiger partial charge is 0.181 e. The van der Waals surface area contributed by atoms with Gasteiger partial charge in [0.05, 0.1) is 16.4 Å². The Morgan fingerprint density at radius 2 is 1.91 bits per heavy atom. The van der Waals surface area contributed by atoms with Gasteiger partial charge in [-0.2, -0.15) is 0 Å². The van der Waals surface area contributed by atoms with Gasteiger partial charge >= 0.3 is 0 Å². The molecule has 0 aliphatic carbocycles. The molecule has 23 heavy (non-hydrogen) atoms. The number of nitrogens with one attached hydrogen (secondary N) is 1. The molecule has 2 saturated heterocycles. The number of fused-ring (bicyclic) bond motifs is 2. The number of aliphatic hydroxyl groups is 1. The van der Waals surface area contributed by atoms with Gasteiger partial charge in [0.1, 0.15) is 0 Å². The molecule has 0 radical (unpaired) electrons. The van der Waals surface area contributed by atoms with Crippen molar-refractivity contribution < 1.29 is 18.3 Å². The number of carbonyl (C=O) groups is 1. The van der Waals surface area contributed by atoms with E-state index in [1.165, 1.54) is 12.1 Å². The van der Waals surface area contributed by atoms with E-state index in [1.54, 1.807) is 12.1 Å². The fraction of sp³-hybridized carbons (Fsp3) is 0.438. The molecule has 124 valence electrons. The quantitative estimate of drug-likeness (QED) is 0.628. The molecule has 5 nitrogen and oxygen atoms in total. The summed E-state index contributed by atoms with van der Waals surface area (Å²) < 4.78 is 25.7. The van der Waals surface area contributed by atoms with Crippen LogP contribution in [0.1, 0.15) is 25.7 Å². The van der Waals surface area contributed by atoms with Gasteiger partial charge in [0.25, 0.3) is 0 Å². The third kappa shape index (κ3) is 3.16. The first-order chi connectivity index (χ1) is 10.9. The molecule has 2 bridgehead atoms. The minimum Gasteiger partial charge on any atom is -0.515 e. The normalized spacial score (nSPS) is 30.2. The van der Waals surface area contributed by atoms with Crippen LogP contribution in [0.15, 0.2) is 41.0 Å². The van der Waals surface area contributed by atoms with Crippen LogP contribution in [0.3, 0.4) is 0 Å². The molecule has 2 aliphatic heterocycles. The number of sulfone groups is 1. The lowest BCUT2D eigenvalue weighted by Crippen LogP contribution is -2.46. The van der Waals surface area contributed by atoms with Crippen LogP contribution in [0.5, 0.6) is 0 Å². The molecule has 1 aromatic carbocycles. The Labute approximate surface area is 140 Å². The molecule has 2 heterocycles. The van der Waals surface area contributed by atoms with E-state index in [-0.39, 0.29) is 29.2 Å². The number of hydrogen-bond donors (Lipinski definition) is 2. The van der Waals surface area contributed by atoms with Crippen LogP contribution < -0.4 is 5.32 Å². The number of carbonyl (C=O) groups excluding carboxylic acids is 1. The molecule has 0 amide bonds. The molecular formula is C16H18ClNO4S. The molecule has 0 aromatic heterocycles. The predicted octanol–water partition coefficient (Wildman–Crippen LogP) is 2.41. The predicted molar refractivity (Wildman–Crippen MR) is 87.3 cm³/mol. The lowest BCUT2D eigenvalue weighted by atomic mass is 9.92. The third-order valence-electron chi connectivity index (χ3n) is 4.61. The second-order valence-corrected chi connectivity index (χ2v) is 8.73. The highest BCUT2D eigenvalue weighted by molar-refractivity contribution is 7.92. The largest absolute Gasteiger partial charge is 0.515 e. The average Bonchev–Trinajstić information content (AvgIpc) is 2.68. The Hall–Kier alpha value is -1.37. The van der Waals surface area contributed by atoms with Crippen LogP contribution in [-0.4, -0.2) is 36.6 Å². The third-order valence-corrected chi connectivity index (χ3v) is 7.10. The van der Waals surface area contributed by atoms with Crippen LogP contribution in [0, 0.1) is 0 Å². The molecule has 3 rings (SSSR count). The van der Waals surface area contributed by atoms with Gasteiger partial charge < -0.3 is 10.4 Å². The summed E-state index contributed by atoms with van der Waals surface area (Å²) in [6.07, 6.45) is 2.42. The number of ketones is 1. The lowest BCUT2D eigenvalue weighted by molar-refractivity contribution is -0.117. The van der Waals surface area contributed by atoms with Crippen LogP contribution in [0.4, 0.5) is 0 Å². The summed E-state index contributed by atoms with van der Waals surface area (Å²) in [7, 11) is -3.47. The molecule has 3 atom stereocenters. The number of halogens is 1. The van der Waals surface area contributed by atoms with Crippen LogP contribution in [0.2, 0.25) is 5.02 Å². The van der Waals surface area contributed by atoms with Crippen molar-refractivity contribution >= 4 is 27.2 Å². The number of benzene rings is 1. The highest BCUT2D eigenvalue weighted by Crippen LogP contribution is 2.32. The van der Waals surface area contributed by atoms with Crippen molar-refractivity contribution in [2.24, 2.45) is 0 Å². The molecule has 0 spiro atoms. The average molecular weight is 356 g/mol. The maximum absolute atomic E-state index is 12.9. The summed E-state index contributed by atoms with van der Waals surface area (Å²) in [5, 5.41) is 12.5. The Morgan fingerprint density at radius 1 is 1.22 bits per heavy atom. The monoisotopic (exact) mass is 355 g/mol. The number of rotatable bonds is 2. The van der Waals surface area contributed by atoms with Crippen molar-refractivity contribution in [2.75, 3.05) is 0 Å². The maximum atomic E-state index is 12.9. The summed E-state index contributed by atoms with van der Waals surface area (Å²) in [5.74, 6) is -0.106. The second kappa shape index (κ2) is 6.26. The Kier molecular flexibility index (Phi) is 4.49. The van der Waals surface area contributed by atoms with Crippen molar-refractivity contribution in [3.8, 4) is 0 Å². The molecule has 0 saturated carbocycles. The van der Waals surface area contributed by atoms with Gasteiger partial charge in [-0.15, -0.1) is 0 Å². The zero-order valence-electron chi connectivity index (χ0n) is 12.4. The number of aliphatic hydroxyl groups excluding tert-OH is 1. The van der Waals surface area contributed by atoms with E-state index in [0.29, 0.717) is 29.9 Å². The molecule has 2 aliphatic rings. The zero-order chi connectivity index (χ0) is 16.6. The van der Waals surface area contributed by atoms with Crippen molar-refractivity contribution in [1.82, 2.24) is 5.32 Å². The Bertz CT molecular complexity index is 742. The van der Waals surface area contributed by atoms with Gasteiger partial charge in [0.2, 0.25) is 0 Å². The van der Waals surface area contributed by atoms with Gasteiger partial charge in [-0.05, 0) is 43.5 Å². The summed E-state index contributed by atoms with van der Waals surface area (Å²) in [6, 6.07) is 5.73. The standard InChI is InChI=1S/C16H18ClNO4S/c17-10-1-3-12(4-2-10)23(21,22)13-5-6-15-14(9-19)16(20)8-11(7-13)18-15/h1-4,9,11,13,15,18-19H,5-8H2. The number of piperidine rings is 1. The Balaban J connectivity index is 1.87. The molecule has 2 fully saturated rings. The van der Waals surface area contributed by atoms with Crippen molar-refractivity contribution in [1.29, 1.82) is 0 Å².